The van der Waals surface area contributed by atoms with Crippen molar-refractivity contribution in [2.45, 2.75) is 6.54 Å². The second-order valence-electron chi connectivity index (χ2n) is 5.74. The highest BCUT2D eigenvalue weighted by Gasteiger charge is 2.35. The number of benzene rings is 2. The molecule has 1 aliphatic rings. The SMILES string of the molecule is COc1cc(/C=C2/SC(=O)N(Cc3ccc(F)cc3)C2=O)cc([N+](=O)[O-])c1O. The molecule has 0 bridgehead atoms. The van der Waals surface area contributed by atoms with Gasteiger partial charge in [0.1, 0.15) is 5.82 Å². The van der Waals surface area contributed by atoms with Crippen LogP contribution in [-0.4, -0.2) is 33.2 Å². The van der Waals surface area contributed by atoms with Gasteiger partial charge in [0, 0.05) is 6.07 Å². The quantitative estimate of drug-likeness (QED) is 0.460. The number of methoxy groups -OCH3 is 1. The van der Waals surface area contributed by atoms with Crippen molar-refractivity contribution in [2.24, 2.45) is 0 Å². The van der Waals surface area contributed by atoms with Crippen LogP contribution in [-0.2, 0) is 11.3 Å². The molecular weight excluding hydrogens is 391 g/mol. The Kier molecular flexibility index (Phi) is 5.32. The summed E-state index contributed by atoms with van der Waals surface area (Å²) in [5.41, 5.74) is 0.205. The number of imide groups is 1. The molecule has 0 aliphatic carbocycles. The number of nitrogens with zero attached hydrogens (tertiary/aromatic N) is 2. The van der Waals surface area contributed by atoms with Gasteiger partial charge in [-0.1, -0.05) is 12.1 Å². The summed E-state index contributed by atoms with van der Waals surface area (Å²) < 4.78 is 17.9. The Morgan fingerprint density at radius 2 is 1.96 bits per heavy atom. The molecule has 1 aliphatic heterocycles. The van der Waals surface area contributed by atoms with Crippen LogP contribution < -0.4 is 4.74 Å². The van der Waals surface area contributed by atoms with Crippen molar-refractivity contribution in [3.8, 4) is 11.5 Å². The van der Waals surface area contributed by atoms with Gasteiger partial charge in [-0.3, -0.25) is 24.6 Å². The van der Waals surface area contributed by atoms with Crippen molar-refractivity contribution in [1.29, 1.82) is 0 Å². The van der Waals surface area contributed by atoms with E-state index in [1.54, 1.807) is 0 Å². The highest BCUT2D eigenvalue weighted by atomic mass is 32.2. The highest BCUT2D eigenvalue weighted by molar-refractivity contribution is 8.18. The number of thioether (sulfide) groups is 1. The van der Waals surface area contributed by atoms with Crippen molar-refractivity contribution < 1.29 is 28.7 Å². The molecule has 0 unspecified atom stereocenters. The Labute approximate surface area is 162 Å². The van der Waals surface area contributed by atoms with Crippen LogP contribution >= 0.6 is 11.8 Å². The van der Waals surface area contributed by atoms with Crippen molar-refractivity contribution >= 4 is 34.7 Å². The summed E-state index contributed by atoms with van der Waals surface area (Å²) >= 11 is 0.682. The van der Waals surface area contributed by atoms with Crippen molar-refractivity contribution in [1.82, 2.24) is 4.90 Å². The zero-order valence-corrected chi connectivity index (χ0v) is 15.2. The highest BCUT2D eigenvalue weighted by Crippen LogP contribution is 2.39. The fraction of sp³-hybridized carbons (Fsp3) is 0.111. The monoisotopic (exact) mass is 404 g/mol. The van der Waals surface area contributed by atoms with Gasteiger partial charge in [-0.15, -0.1) is 0 Å². The normalized spacial score (nSPS) is 15.4. The van der Waals surface area contributed by atoms with Gasteiger partial charge in [0.15, 0.2) is 5.75 Å². The maximum atomic E-state index is 13.0. The van der Waals surface area contributed by atoms with Gasteiger partial charge in [0.2, 0.25) is 5.75 Å². The molecule has 28 heavy (non-hydrogen) atoms. The zero-order valence-electron chi connectivity index (χ0n) is 14.4. The topological polar surface area (TPSA) is 110 Å². The number of amides is 2. The number of phenols is 1. The molecular formula is C18H13FN2O6S. The van der Waals surface area contributed by atoms with E-state index < -0.39 is 33.3 Å². The number of ether oxygens (including phenoxy) is 1. The van der Waals surface area contributed by atoms with Crippen LogP contribution in [0, 0.1) is 15.9 Å². The number of nitro groups is 1. The van der Waals surface area contributed by atoms with Gasteiger partial charge in [-0.05, 0) is 47.2 Å². The lowest BCUT2D eigenvalue weighted by molar-refractivity contribution is -0.386. The van der Waals surface area contributed by atoms with Crippen LogP contribution in [0.3, 0.4) is 0 Å². The Balaban J connectivity index is 1.90. The molecule has 1 heterocycles. The molecule has 1 N–H and O–H groups in total. The summed E-state index contributed by atoms with van der Waals surface area (Å²) in [5, 5.41) is 20.4. The lowest BCUT2D eigenvalue weighted by Gasteiger charge is -2.12. The Hall–Kier alpha value is -3.40. The van der Waals surface area contributed by atoms with E-state index in [0.29, 0.717) is 17.3 Å². The number of carbonyl (C=O) groups excluding carboxylic acids is 2. The molecule has 2 aromatic rings. The summed E-state index contributed by atoms with van der Waals surface area (Å²) in [6, 6.07) is 7.78. The van der Waals surface area contributed by atoms with E-state index in [0.717, 1.165) is 11.0 Å². The number of nitro benzene ring substituents is 1. The lowest BCUT2D eigenvalue weighted by Crippen LogP contribution is -2.27. The molecule has 0 radical (unpaired) electrons. The van der Waals surface area contributed by atoms with Crippen LogP contribution in [0.15, 0.2) is 41.3 Å². The smallest absolute Gasteiger partial charge is 0.315 e. The number of hydrogen-bond acceptors (Lipinski definition) is 7. The molecule has 2 aromatic carbocycles. The van der Waals surface area contributed by atoms with Crippen LogP contribution in [0.25, 0.3) is 6.08 Å². The molecule has 1 saturated heterocycles. The van der Waals surface area contributed by atoms with Gasteiger partial charge in [-0.2, -0.15) is 0 Å². The summed E-state index contributed by atoms with van der Waals surface area (Å²) in [6.45, 7) is -0.0265. The van der Waals surface area contributed by atoms with E-state index in [2.05, 4.69) is 0 Å². The van der Waals surface area contributed by atoms with Gasteiger partial charge in [0.05, 0.1) is 23.5 Å². The Morgan fingerprint density at radius 1 is 1.29 bits per heavy atom. The van der Waals surface area contributed by atoms with E-state index in [4.69, 9.17) is 4.74 Å². The average Bonchev–Trinajstić information content (AvgIpc) is 2.91. The number of rotatable bonds is 5. The van der Waals surface area contributed by atoms with E-state index in [9.17, 15) is 29.2 Å². The van der Waals surface area contributed by atoms with Crippen molar-refractivity contribution in [2.75, 3.05) is 7.11 Å². The summed E-state index contributed by atoms with van der Waals surface area (Å²) in [4.78, 5) is 36.1. The fourth-order valence-corrected chi connectivity index (χ4v) is 3.39. The van der Waals surface area contributed by atoms with Crippen molar-refractivity contribution in [3.05, 3.63) is 68.4 Å². The first-order valence-electron chi connectivity index (χ1n) is 7.85. The standard InChI is InChI=1S/C18H13FN2O6S/c1-27-14-7-11(6-13(16(14)22)21(25)26)8-15-17(23)20(18(24)28-15)9-10-2-4-12(19)5-3-10/h2-8,22H,9H2,1H3/b15-8+. The molecule has 0 aromatic heterocycles. The summed E-state index contributed by atoms with van der Waals surface area (Å²) in [6.07, 6.45) is 1.31. The molecule has 2 amide bonds. The minimum absolute atomic E-state index is 0.0265. The predicted octanol–water partition coefficient (Wildman–Crippen LogP) is 3.68. The minimum atomic E-state index is -0.782. The van der Waals surface area contributed by atoms with Gasteiger partial charge in [0.25, 0.3) is 11.1 Å². The predicted molar refractivity (Wildman–Crippen MR) is 99.2 cm³/mol. The molecule has 0 saturated carbocycles. The van der Waals surface area contributed by atoms with Crippen LogP contribution in [0.5, 0.6) is 11.5 Å². The van der Waals surface area contributed by atoms with Gasteiger partial charge >= 0.3 is 5.69 Å². The molecule has 0 atom stereocenters. The van der Waals surface area contributed by atoms with Crippen LogP contribution in [0.2, 0.25) is 0 Å². The van der Waals surface area contributed by atoms with E-state index in [1.165, 1.54) is 43.5 Å². The zero-order chi connectivity index (χ0) is 20.4. The minimum Gasteiger partial charge on any atom is -0.500 e. The first-order valence-corrected chi connectivity index (χ1v) is 8.67. The molecule has 8 nitrogen and oxygen atoms in total. The van der Waals surface area contributed by atoms with Crippen LogP contribution in [0.1, 0.15) is 11.1 Å². The molecule has 0 spiro atoms. The maximum Gasteiger partial charge on any atom is 0.315 e. The molecule has 1 fully saturated rings. The third-order valence-electron chi connectivity index (χ3n) is 3.92. The van der Waals surface area contributed by atoms with Gasteiger partial charge < -0.3 is 9.84 Å². The molecule has 10 heteroatoms. The molecule has 144 valence electrons. The number of phenolic OH excluding ortho intramolecular Hbond substituents is 1. The van der Waals surface area contributed by atoms with E-state index >= 15 is 0 Å². The Bertz CT molecular complexity index is 1010. The first-order chi connectivity index (χ1) is 13.3. The summed E-state index contributed by atoms with van der Waals surface area (Å²) in [7, 11) is 1.24. The number of carbonyl (C=O) groups is 2. The molecule has 3 rings (SSSR count). The fourth-order valence-electron chi connectivity index (χ4n) is 2.55. The van der Waals surface area contributed by atoms with E-state index in [1.807, 2.05) is 0 Å². The second kappa shape index (κ2) is 7.69. The number of halogens is 1. The third-order valence-corrected chi connectivity index (χ3v) is 4.83. The average molecular weight is 404 g/mol. The second-order valence-corrected chi connectivity index (χ2v) is 6.74. The largest absolute Gasteiger partial charge is 0.500 e. The first kappa shape index (κ1) is 19.4. The van der Waals surface area contributed by atoms with Crippen LogP contribution in [0.4, 0.5) is 14.9 Å². The van der Waals surface area contributed by atoms with Gasteiger partial charge in [-0.25, -0.2) is 4.39 Å². The lowest BCUT2D eigenvalue weighted by atomic mass is 10.1. The maximum absolute atomic E-state index is 13.0. The number of aromatic hydroxyl groups is 1. The third kappa shape index (κ3) is 3.81. The van der Waals surface area contributed by atoms with Crippen molar-refractivity contribution in [3.63, 3.8) is 0 Å². The number of hydrogen-bond donors (Lipinski definition) is 1. The Morgan fingerprint density at radius 3 is 2.57 bits per heavy atom. The van der Waals surface area contributed by atoms with E-state index in [-0.39, 0.29) is 22.8 Å². The summed E-state index contributed by atoms with van der Waals surface area (Å²) in [5.74, 6) is -1.77.